The van der Waals surface area contributed by atoms with Crippen LogP contribution in [0.5, 0.6) is 0 Å². The molecule has 25 heavy (non-hydrogen) atoms. The highest BCUT2D eigenvalue weighted by Gasteiger charge is 2.26. The molecule has 0 aromatic carbocycles. The van der Waals surface area contributed by atoms with Gasteiger partial charge in [-0.15, -0.1) is 0 Å². The normalized spacial score (nSPS) is 18.5. The average Bonchev–Trinajstić information content (AvgIpc) is 3.29. The first-order chi connectivity index (χ1) is 12.3. The lowest BCUT2D eigenvalue weighted by atomic mass is 9.97. The fourth-order valence-electron chi connectivity index (χ4n) is 3.32. The number of carbonyl (C=O) groups excluding carboxylic acids is 1. The van der Waals surface area contributed by atoms with E-state index in [1.54, 1.807) is 12.5 Å². The zero-order valence-corrected chi connectivity index (χ0v) is 14.0. The molecule has 1 aliphatic heterocycles. The van der Waals surface area contributed by atoms with Crippen molar-refractivity contribution in [2.45, 2.75) is 25.9 Å². The number of fused-ring (bicyclic) bond motifs is 1. The molecule has 1 saturated heterocycles. The number of carbonyl (C=O) groups is 1. The van der Waals surface area contributed by atoms with E-state index in [4.69, 9.17) is 4.42 Å². The number of imidazole rings is 1. The molecule has 0 unspecified atom stereocenters. The van der Waals surface area contributed by atoms with Gasteiger partial charge in [-0.25, -0.2) is 9.97 Å². The summed E-state index contributed by atoms with van der Waals surface area (Å²) in [5.41, 5.74) is 0.815. The number of nitrogens with one attached hydrogen (secondary N) is 1. The van der Waals surface area contributed by atoms with Gasteiger partial charge >= 0.3 is 0 Å². The summed E-state index contributed by atoms with van der Waals surface area (Å²) in [6, 6.07) is 5.72. The minimum absolute atomic E-state index is 0.0128. The summed E-state index contributed by atoms with van der Waals surface area (Å²) in [6.07, 6.45) is 9.14. The Morgan fingerprint density at radius 1 is 1.40 bits per heavy atom. The number of piperidine rings is 1. The van der Waals surface area contributed by atoms with Gasteiger partial charge in [0.1, 0.15) is 5.76 Å². The molecule has 130 valence electrons. The third-order valence-corrected chi connectivity index (χ3v) is 4.56. The molecule has 1 aliphatic rings. The molecular weight excluding hydrogens is 318 g/mol. The lowest BCUT2D eigenvalue weighted by Crippen LogP contribution is -2.42. The highest BCUT2D eigenvalue weighted by Crippen LogP contribution is 2.19. The Labute approximate surface area is 145 Å². The molecule has 3 aromatic heterocycles. The topological polar surface area (TPSA) is 75.7 Å². The fraction of sp³-hybridized carbons (Fsp3) is 0.389. The molecule has 4 rings (SSSR count). The van der Waals surface area contributed by atoms with E-state index in [1.807, 2.05) is 35.0 Å². The summed E-state index contributed by atoms with van der Waals surface area (Å²) in [5, 5.41) is 3.02. The molecule has 1 fully saturated rings. The van der Waals surface area contributed by atoms with E-state index in [-0.39, 0.29) is 11.8 Å². The van der Waals surface area contributed by atoms with E-state index >= 15 is 0 Å². The van der Waals surface area contributed by atoms with Crippen LogP contribution in [0.1, 0.15) is 24.3 Å². The number of hydrogen-bond acceptors (Lipinski definition) is 5. The molecule has 7 nitrogen and oxygen atoms in total. The Balaban J connectivity index is 1.32. The number of aromatic nitrogens is 3. The maximum Gasteiger partial charge on any atom is 0.233 e. The van der Waals surface area contributed by atoms with Crippen molar-refractivity contribution in [2.75, 3.05) is 13.1 Å². The van der Waals surface area contributed by atoms with Crippen LogP contribution in [0.3, 0.4) is 0 Å². The van der Waals surface area contributed by atoms with Crippen molar-refractivity contribution in [3.8, 4) is 0 Å². The van der Waals surface area contributed by atoms with E-state index in [1.165, 1.54) is 0 Å². The van der Waals surface area contributed by atoms with E-state index in [0.717, 1.165) is 43.9 Å². The van der Waals surface area contributed by atoms with Gasteiger partial charge in [0.15, 0.2) is 0 Å². The van der Waals surface area contributed by atoms with E-state index in [2.05, 4.69) is 20.2 Å². The second-order valence-electron chi connectivity index (χ2n) is 6.43. The Kier molecular flexibility index (Phi) is 4.47. The SMILES string of the molecule is O=C(NCc1cn2cccnc2n1)[C@H]1CCCN(Cc2ccco2)C1. The fourth-order valence-corrected chi connectivity index (χ4v) is 3.32. The molecule has 4 heterocycles. The van der Waals surface area contributed by atoms with Gasteiger partial charge in [0, 0.05) is 25.1 Å². The number of hydrogen-bond donors (Lipinski definition) is 1. The summed E-state index contributed by atoms with van der Waals surface area (Å²) >= 11 is 0. The Bertz CT molecular complexity index is 809. The number of amides is 1. The second kappa shape index (κ2) is 7.06. The van der Waals surface area contributed by atoms with Crippen LogP contribution in [-0.4, -0.2) is 38.3 Å². The first-order valence-corrected chi connectivity index (χ1v) is 8.59. The smallest absolute Gasteiger partial charge is 0.233 e. The van der Waals surface area contributed by atoms with Crippen LogP contribution in [0.25, 0.3) is 5.78 Å². The Morgan fingerprint density at radius 2 is 2.36 bits per heavy atom. The van der Waals surface area contributed by atoms with E-state index in [0.29, 0.717) is 12.3 Å². The van der Waals surface area contributed by atoms with Gasteiger partial charge < -0.3 is 9.73 Å². The van der Waals surface area contributed by atoms with E-state index in [9.17, 15) is 4.79 Å². The monoisotopic (exact) mass is 339 g/mol. The summed E-state index contributed by atoms with van der Waals surface area (Å²) in [4.78, 5) is 23.4. The van der Waals surface area contributed by atoms with Gasteiger partial charge in [0.05, 0.1) is 31.0 Å². The predicted molar refractivity (Wildman–Crippen MR) is 91.5 cm³/mol. The van der Waals surface area contributed by atoms with Gasteiger partial charge in [0.2, 0.25) is 11.7 Å². The first-order valence-electron chi connectivity index (χ1n) is 8.59. The largest absolute Gasteiger partial charge is 0.468 e. The molecule has 0 spiro atoms. The van der Waals surface area contributed by atoms with Gasteiger partial charge in [-0.3, -0.25) is 14.1 Å². The summed E-state index contributed by atoms with van der Waals surface area (Å²) < 4.78 is 7.26. The lowest BCUT2D eigenvalue weighted by Gasteiger charge is -2.31. The van der Waals surface area contributed by atoms with Crippen molar-refractivity contribution in [3.05, 3.63) is 54.5 Å². The molecule has 3 aromatic rings. The van der Waals surface area contributed by atoms with E-state index < -0.39 is 0 Å². The van der Waals surface area contributed by atoms with Crippen LogP contribution in [-0.2, 0) is 17.9 Å². The van der Waals surface area contributed by atoms with Crippen LogP contribution in [0.15, 0.2) is 47.5 Å². The van der Waals surface area contributed by atoms with Crippen LogP contribution in [0, 0.1) is 5.92 Å². The molecule has 1 amide bonds. The molecule has 0 radical (unpaired) electrons. The van der Waals surface area contributed by atoms with Crippen molar-refractivity contribution in [3.63, 3.8) is 0 Å². The molecular formula is C18H21N5O2. The maximum absolute atomic E-state index is 12.5. The molecule has 7 heteroatoms. The van der Waals surface area contributed by atoms with Crippen molar-refractivity contribution in [1.29, 1.82) is 0 Å². The van der Waals surface area contributed by atoms with Crippen LogP contribution in [0.4, 0.5) is 0 Å². The van der Waals surface area contributed by atoms with Gasteiger partial charge in [-0.05, 0) is 37.6 Å². The van der Waals surface area contributed by atoms with Crippen LogP contribution in [0.2, 0.25) is 0 Å². The molecule has 1 atom stereocenters. The van der Waals surface area contributed by atoms with Crippen LogP contribution >= 0.6 is 0 Å². The Hall–Kier alpha value is -2.67. The minimum Gasteiger partial charge on any atom is -0.468 e. The summed E-state index contributed by atoms with van der Waals surface area (Å²) in [6.45, 7) is 2.95. The summed E-state index contributed by atoms with van der Waals surface area (Å²) in [7, 11) is 0. The third kappa shape index (κ3) is 3.71. The first kappa shape index (κ1) is 15.8. The highest BCUT2D eigenvalue weighted by molar-refractivity contribution is 5.78. The minimum atomic E-state index is 0.0128. The van der Waals surface area contributed by atoms with Crippen molar-refractivity contribution in [2.24, 2.45) is 5.92 Å². The molecule has 0 aliphatic carbocycles. The lowest BCUT2D eigenvalue weighted by molar-refractivity contribution is -0.127. The maximum atomic E-state index is 12.5. The van der Waals surface area contributed by atoms with Gasteiger partial charge in [-0.1, -0.05) is 0 Å². The van der Waals surface area contributed by atoms with Gasteiger partial charge in [0.25, 0.3) is 0 Å². The quantitative estimate of drug-likeness (QED) is 0.768. The molecule has 0 bridgehead atoms. The third-order valence-electron chi connectivity index (χ3n) is 4.56. The zero-order chi connectivity index (χ0) is 17.1. The predicted octanol–water partition coefficient (Wildman–Crippen LogP) is 1.85. The zero-order valence-electron chi connectivity index (χ0n) is 14.0. The second-order valence-corrected chi connectivity index (χ2v) is 6.43. The molecule has 0 saturated carbocycles. The highest BCUT2D eigenvalue weighted by atomic mass is 16.3. The average molecular weight is 339 g/mol. The van der Waals surface area contributed by atoms with Crippen LogP contribution < -0.4 is 5.32 Å². The number of furan rings is 1. The van der Waals surface area contributed by atoms with Crippen molar-refractivity contribution >= 4 is 11.7 Å². The number of likely N-dealkylation sites (tertiary alicyclic amines) is 1. The van der Waals surface area contributed by atoms with Gasteiger partial charge in [-0.2, -0.15) is 0 Å². The molecule has 1 N–H and O–H groups in total. The van der Waals surface area contributed by atoms with Crippen molar-refractivity contribution < 1.29 is 9.21 Å². The Morgan fingerprint density at radius 3 is 3.20 bits per heavy atom. The number of nitrogens with zero attached hydrogens (tertiary/aromatic N) is 4. The van der Waals surface area contributed by atoms with Crippen molar-refractivity contribution in [1.82, 2.24) is 24.6 Å². The summed E-state index contributed by atoms with van der Waals surface area (Å²) in [5.74, 6) is 1.69. The number of rotatable bonds is 5. The standard InChI is InChI=1S/C18H21N5O2/c24-17(20-10-15-12-23-8-3-6-19-18(23)21-15)14-4-1-7-22(11-14)13-16-5-2-9-25-16/h2-3,5-6,8-9,12,14H,1,4,7,10-11,13H2,(H,20,24)/t14-/m0/s1.